The summed E-state index contributed by atoms with van der Waals surface area (Å²) in [6, 6.07) is 6.89. The Morgan fingerprint density at radius 3 is 2.34 bits per heavy atom. The molecule has 32 heavy (non-hydrogen) atoms. The van der Waals surface area contributed by atoms with Crippen LogP contribution in [0.4, 0.5) is 4.79 Å². The van der Waals surface area contributed by atoms with Crippen LogP contribution >= 0.6 is 0 Å². The van der Waals surface area contributed by atoms with Crippen molar-refractivity contribution in [2.45, 2.75) is 77.6 Å². The Labute approximate surface area is 190 Å². The van der Waals surface area contributed by atoms with Gasteiger partial charge in [0.05, 0.1) is 6.61 Å². The Balaban J connectivity index is 2.33. The maximum Gasteiger partial charge on any atom is 0.408 e. The predicted octanol–water partition coefficient (Wildman–Crippen LogP) is 2.77. The third-order valence-electron chi connectivity index (χ3n) is 5.32. The van der Waals surface area contributed by atoms with E-state index in [2.05, 4.69) is 10.6 Å². The smallest absolute Gasteiger partial charge is 0.408 e. The molecule has 1 aliphatic rings. The van der Waals surface area contributed by atoms with E-state index in [-0.39, 0.29) is 17.9 Å². The lowest BCUT2D eigenvalue weighted by molar-refractivity contribution is -0.144. The summed E-state index contributed by atoms with van der Waals surface area (Å²) in [6.45, 7) is 9.11. The molecule has 2 rings (SSSR count). The van der Waals surface area contributed by atoms with Crippen molar-refractivity contribution in [3.63, 3.8) is 0 Å². The molecule has 0 radical (unpaired) electrons. The van der Waals surface area contributed by atoms with Gasteiger partial charge in [-0.25, -0.2) is 4.79 Å². The molecule has 0 aromatic heterocycles. The third-order valence-corrected chi connectivity index (χ3v) is 5.32. The first-order valence-electron chi connectivity index (χ1n) is 11.3. The van der Waals surface area contributed by atoms with Gasteiger partial charge >= 0.3 is 6.09 Å². The molecule has 0 aliphatic heterocycles. The fourth-order valence-electron chi connectivity index (χ4n) is 3.55. The quantitative estimate of drug-likeness (QED) is 0.478. The number of rotatable bonds is 10. The highest BCUT2D eigenvalue weighted by atomic mass is 16.6. The normalized spacial score (nSPS) is 19.4. The number of nitrogens with zero attached hydrogens (tertiary/aromatic N) is 1. The third kappa shape index (κ3) is 7.22. The lowest BCUT2D eigenvalue weighted by atomic mass is 10.0. The minimum atomic E-state index is -1.22. The minimum Gasteiger partial charge on any atom is -0.444 e. The molecule has 1 aromatic rings. The molecule has 1 saturated carbocycles. The number of aliphatic hydroxyl groups excluding tert-OH is 1. The van der Waals surface area contributed by atoms with Gasteiger partial charge in [-0.1, -0.05) is 50.6 Å². The first-order valence-corrected chi connectivity index (χ1v) is 11.3. The van der Waals surface area contributed by atoms with Crippen molar-refractivity contribution in [1.82, 2.24) is 15.5 Å². The SMILES string of the molecule is CCCCNC(=O)C(c1ccccc1)N(C(=O)C(CO)NC(=O)OC(C)(C)C)C1CC1C. The standard InChI is InChI=1S/C24H37N3O5/c1-6-7-13-25-21(29)20(17-11-9-8-10-12-17)27(19-14-16(19)2)22(30)18(15-28)26-23(31)32-24(3,4)5/h8-12,16,18-20,28H,6-7,13-15H2,1-5H3,(H,25,29)(H,26,31). The number of ether oxygens (including phenoxy) is 1. The molecular formula is C24H37N3O5. The van der Waals surface area contributed by atoms with Crippen molar-refractivity contribution in [2.75, 3.05) is 13.2 Å². The zero-order valence-corrected chi connectivity index (χ0v) is 19.8. The number of carbonyl (C=O) groups is 3. The van der Waals surface area contributed by atoms with E-state index in [4.69, 9.17) is 4.74 Å². The number of aliphatic hydroxyl groups is 1. The van der Waals surface area contributed by atoms with Crippen LogP contribution in [0.2, 0.25) is 0 Å². The highest BCUT2D eigenvalue weighted by molar-refractivity contribution is 5.92. The van der Waals surface area contributed by atoms with E-state index in [0.29, 0.717) is 12.1 Å². The highest BCUT2D eigenvalue weighted by Crippen LogP contribution is 2.40. The van der Waals surface area contributed by atoms with Gasteiger partial charge in [-0.15, -0.1) is 0 Å². The summed E-state index contributed by atoms with van der Waals surface area (Å²) in [7, 11) is 0. The number of benzene rings is 1. The van der Waals surface area contributed by atoms with Gasteiger partial charge in [0.25, 0.3) is 0 Å². The van der Waals surface area contributed by atoms with Crippen LogP contribution in [0.5, 0.6) is 0 Å². The number of alkyl carbamates (subject to hydrolysis) is 1. The monoisotopic (exact) mass is 447 g/mol. The number of amides is 3. The molecule has 1 fully saturated rings. The van der Waals surface area contributed by atoms with Crippen molar-refractivity contribution in [3.8, 4) is 0 Å². The van der Waals surface area contributed by atoms with Gasteiger partial charge in [0.15, 0.2) is 0 Å². The molecule has 0 bridgehead atoms. The summed E-state index contributed by atoms with van der Waals surface area (Å²) < 4.78 is 5.24. The number of hydrogen-bond donors (Lipinski definition) is 3. The Morgan fingerprint density at radius 1 is 1.22 bits per heavy atom. The maximum atomic E-state index is 13.6. The molecule has 8 nitrogen and oxygen atoms in total. The topological polar surface area (TPSA) is 108 Å². The number of nitrogens with one attached hydrogen (secondary N) is 2. The van der Waals surface area contributed by atoms with Gasteiger partial charge in [0.2, 0.25) is 11.8 Å². The molecule has 4 unspecified atom stereocenters. The van der Waals surface area contributed by atoms with E-state index in [1.165, 1.54) is 4.90 Å². The second-order valence-electron chi connectivity index (χ2n) is 9.37. The molecule has 3 amide bonds. The highest BCUT2D eigenvalue weighted by Gasteiger charge is 2.48. The van der Waals surface area contributed by atoms with Crippen LogP contribution in [0.25, 0.3) is 0 Å². The van der Waals surface area contributed by atoms with Gasteiger partial charge < -0.3 is 25.4 Å². The summed E-state index contributed by atoms with van der Waals surface area (Å²) in [5.74, 6) is -0.562. The molecule has 3 N–H and O–H groups in total. The second kappa shape index (κ2) is 11.3. The van der Waals surface area contributed by atoms with E-state index in [9.17, 15) is 19.5 Å². The average molecular weight is 448 g/mol. The average Bonchev–Trinajstić information content (AvgIpc) is 3.44. The first kappa shape index (κ1) is 25.6. The fraction of sp³-hybridized carbons (Fsp3) is 0.625. The Bertz CT molecular complexity index is 778. The maximum absolute atomic E-state index is 13.6. The van der Waals surface area contributed by atoms with Crippen molar-refractivity contribution >= 4 is 17.9 Å². The molecular weight excluding hydrogens is 410 g/mol. The zero-order chi connectivity index (χ0) is 23.9. The minimum absolute atomic E-state index is 0.154. The molecule has 0 spiro atoms. The Hall–Kier alpha value is -2.61. The van der Waals surface area contributed by atoms with Crippen molar-refractivity contribution in [2.24, 2.45) is 5.92 Å². The summed E-state index contributed by atoms with van der Waals surface area (Å²) in [5, 5.41) is 15.3. The largest absolute Gasteiger partial charge is 0.444 e. The summed E-state index contributed by atoms with van der Waals surface area (Å²) in [6.07, 6.45) is 1.73. The van der Waals surface area contributed by atoms with Gasteiger partial charge in [-0.05, 0) is 45.1 Å². The van der Waals surface area contributed by atoms with Crippen LogP contribution < -0.4 is 10.6 Å². The van der Waals surface area contributed by atoms with Crippen LogP contribution in [0.15, 0.2) is 30.3 Å². The Kier molecular flexibility index (Phi) is 9.07. The van der Waals surface area contributed by atoms with E-state index >= 15 is 0 Å². The number of hydrogen-bond acceptors (Lipinski definition) is 5. The number of unbranched alkanes of at least 4 members (excludes halogenated alkanes) is 1. The van der Waals surface area contributed by atoms with Crippen LogP contribution in [0, 0.1) is 5.92 Å². The lowest BCUT2D eigenvalue weighted by Crippen LogP contribution is -2.55. The zero-order valence-electron chi connectivity index (χ0n) is 19.8. The van der Waals surface area contributed by atoms with E-state index in [1.807, 2.05) is 44.2 Å². The lowest BCUT2D eigenvalue weighted by Gasteiger charge is -2.34. The van der Waals surface area contributed by atoms with E-state index in [0.717, 1.165) is 19.3 Å². The molecule has 0 heterocycles. The van der Waals surface area contributed by atoms with Gasteiger partial charge in [-0.2, -0.15) is 0 Å². The summed E-state index contributed by atoms with van der Waals surface area (Å²) in [5.41, 5.74) is -0.0632. The van der Waals surface area contributed by atoms with Crippen molar-refractivity contribution < 1.29 is 24.2 Å². The van der Waals surface area contributed by atoms with Crippen LogP contribution in [0.3, 0.4) is 0 Å². The van der Waals surface area contributed by atoms with Crippen molar-refractivity contribution in [3.05, 3.63) is 35.9 Å². The van der Waals surface area contributed by atoms with Gasteiger partial charge in [0, 0.05) is 12.6 Å². The van der Waals surface area contributed by atoms with Crippen LogP contribution in [-0.2, 0) is 14.3 Å². The van der Waals surface area contributed by atoms with Crippen molar-refractivity contribution in [1.29, 1.82) is 0 Å². The molecule has 8 heteroatoms. The second-order valence-corrected chi connectivity index (χ2v) is 9.37. The van der Waals surface area contributed by atoms with Crippen LogP contribution in [0.1, 0.15) is 65.5 Å². The Morgan fingerprint density at radius 2 is 1.84 bits per heavy atom. The first-order chi connectivity index (χ1) is 15.1. The van der Waals surface area contributed by atoms with E-state index in [1.54, 1.807) is 20.8 Å². The van der Waals surface area contributed by atoms with Gasteiger partial charge in [0.1, 0.15) is 17.7 Å². The summed E-state index contributed by atoms with van der Waals surface area (Å²) in [4.78, 5) is 40.6. The number of carbonyl (C=O) groups excluding carboxylic acids is 3. The molecule has 1 aliphatic carbocycles. The van der Waals surface area contributed by atoms with Crippen LogP contribution in [-0.4, -0.2) is 58.8 Å². The molecule has 4 atom stereocenters. The van der Waals surface area contributed by atoms with E-state index < -0.39 is 36.3 Å². The molecule has 178 valence electrons. The summed E-state index contributed by atoms with van der Waals surface area (Å²) >= 11 is 0. The molecule has 1 aromatic carbocycles. The fourth-order valence-corrected chi connectivity index (χ4v) is 3.55. The molecule has 0 saturated heterocycles. The van der Waals surface area contributed by atoms with Gasteiger partial charge in [-0.3, -0.25) is 9.59 Å². The predicted molar refractivity (Wildman–Crippen MR) is 122 cm³/mol.